The number of rotatable bonds is 8. The van der Waals surface area contributed by atoms with Crippen LogP contribution in [0.5, 0.6) is 0 Å². The Morgan fingerprint density at radius 3 is 2.55 bits per heavy atom. The summed E-state index contributed by atoms with van der Waals surface area (Å²) in [5.74, 6) is -1.50. The number of carbonyl (C=O) groups is 3. The van der Waals surface area contributed by atoms with Crippen LogP contribution in [0.25, 0.3) is 0 Å². The Bertz CT molecular complexity index is 1170. The fourth-order valence-electron chi connectivity index (χ4n) is 2.84. The van der Waals surface area contributed by atoms with Crippen LogP contribution in [-0.4, -0.2) is 28.8 Å². The molecule has 0 spiro atoms. The molecule has 3 rings (SSSR count). The highest BCUT2D eigenvalue weighted by Crippen LogP contribution is 2.23. The highest BCUT2D eigenvalue weighted by molar-refractivity contribution is 7.07. The van der Waals surface area contributed by atoms with Gasteiger partial charge < -0.3 is 14.6 Å². The summed E-state index contributed by atoms with van der Waals surface area (Å²) in [6, 6.07) is 13.1. The lowest BCUT2D eigenvalue weighted by molar-refractivity contribution is -0.147. The van der Waals surface area contributed by atoms with Gasteiger partial charge in [-0.15, -0.1) is 0 Å². The van der Waals surface area contributed by atoms with Crippen molar-refractivity contribution in [1.82, 2.24) is 4.57 Å². The minimum atomic E-state index is -0.607. The molecule has 0 bridgehead atoms. The van der Waals surface area contributed by atoms with Gasteiger partial charge in [0.15, 0.2) is 12.4 Å². The normalized spacial score (nSPS) is 10.5. The van der Waals surface area contributed by atoms with E-state index in [4.69, 9.17) is 16.3 Å². The standard InChI is InChI=1S/C22H19ClN2O5S/c1-14-13-31-22(29)25(14)10-9-20(27)30-12-19(26)24-18-8-7-16(23)11-17(18)21(28)15-5-3-2-4-6-15/h2-8,11,13H,9-10,12H2,1H3,(H,24,26). The monoisotopic (exact) mass is 458 g/mol. The lowest BCUT2D eigenvalue weighted by atomic mass is 10.0. The van der Waals surface area contributed by atoms with E-state index >= 15 is 0 Å². The van der Waals surface area contributed by atoms with Crippen LogP contribution in [0.1, 0.15) is 28.0 Å². The highest BCUT2D eigenvalue weighted by atomic mass is 35.5. The molecule has 1 N–H and O–H groups in total. The number of esters is 1. The van der Waals surface area contributed by atoms with E-state index in [9.17, 15) is 19.2 Å². The fourth-order valence-corrected chi connectivity index (χ4v) is 3.77. The number of benzene rings is 2. The van der Waals surface area contributed by atoms with Crippen molar-refractivity contribution >= 4 is 46.3 Å². The Morgan fingerprint density at radius 1 is 1.13 bits per heavy atom. The van der Waals surface area contributed by atoms with Crippen LogP contribution < -0.4 is 10.2 Å². The van der Waals surface area contributed by atoms with Gasteiger partial charge in [0.25, 0.3) is 5.91 Å². The molecule has 3 aromatic rings. The van der Waals surface area contributed by atoms with Gasteiger partial charge >= 0.3 is 10.8 Å². The molecule has 31 heavy (non-hydrogen) atoms. The van der Waals surface area contributed by atoms with Gasteiger partial charge in [0, 0.05) is 33.8 Å². The van der Waals surface area contributed by atoms with Crippen molar-refractivity contribution in [3.8, 4) is 0 Å². The number of carbonyl (C=O) groups excluding carboxylic acids is 3. The molecule has 160 valence electrons. The number of nitrogens with one attached hydrogen (secondary N) is 1. The molecule has 0 aliphatic heterocycles. The fraction of sp³-hybridized carbons (Fsp3) is 0.182. The predicted molar refractivity (Wildman–Crippen MR) is 119 cm³/mol. The predicted octanol–water partition coefficient (Wildman–Crippen LogP) is 3.67. The SMILES string of the molecule is Cc1csc(=O)n1CCC(=O)OCC(=O)Nc1ccc(Cl)cc1C(=O)c1ccccc1. The van der Waals surface area contributed by atoms with Crippen LogP contribution in [-0.2, 0) is 20.9 Å². The maximum Gasteiger partial charge on any atom is 0.308 e. The number of ketones is 1. The van der Waals surface area contributed by atoms with Crippen LogP contribution >= 0.6 is 22.9 Å². The van der Waals surface area contributed by atoms with Gasteiger partial charge in [0.2, 0.25) is 0 Å². The topological polar surface area (TPSA) is 94.5 Å². The molecule has 0 unspecified atom stereocenters. The molecule has 1 amide bonds. The zero-order chi connectivity index (χ0) is 22.4. The number of anilines is 1. The first kappa shape index (κ1) is 22.5. The number of amides is 1. The van der Waals surface area contributed by atoms with Gasteiger partial charge in [-0.2, -0.15) is 0 Å². The zero-order valence-corrected chi connectivity index (χ0v) is 18.2. The van der Waals surface area contributed by atoms with Gasteiger partial charge in [-0.3, -0.25) is 19.2 Å². The largest absolute Gasteiger partial charge is 0.456 e. The van der Waals surface area contributed by atoms with Crippen molar-refractivity contribution < 1.29 is 19.1 Å². The Balaban J connectivity index is 1.60. The summed E-state index contributed by atoms with van der Waals surface area (Å²) in [5.41, 5.74) is 1.70. The first-order valence-corrected chi connectivity index (χ1v) is 10.6. The number of aromatic nitrogens is 1. The third-order valence-electron chi connectivity index (χ3n) is 4.42. The van der Waals surface area contributed by atoms with Crippen LogP contribution in [0, 0.1) is 6.92 Å². The number of ether oxygens (including phenoxy) is 1. The second-order valence-corrected chi connectivity index (χ2v) is 7.90. The summed E-state index contributed by atoms with van der Waals surface area (Å²) in [6.45, 7) is 1.44. The van der Waals surface area contributed by atoms with E-state index in [0.717, 1.165) is 17.0 Å². The molecule has 7 nitrogen and oxygen atoms in total. The Labute approximate surface area is 187 Å². The first-order chi connectivity index (χ1) is 14.8. The second kappa shape index (κ2) is 10.2. The van der Waals surface area contributed by atoms with E-state index in [1.165, 1.54) is 16.7 Å². The molecule has 0 atom stereocenters. The Morgan fingerprint density at radius 2 is 1.87 bits per heavy atom. The molecule has 0 saturated carbocycles. The van der Waals surface area contributed by atoms with Crippen molar-refractivity contribution in [3.63, 3.8) is 0 Å². The van der Waals surface area contributed by atoms with Crippen LogP contribution in [0.4, 0.5) is 5.69 Å². The first-order valence-electron chi connectivity index (χ1n) is 9.35. The van der Waals surface area contributed by atoms with Gasteiger partial charge in [0.05, 0.1) is 12.1 Å². The number of hydrogen-bond acceptors (Lipinski definition) is 6. The summed E-state index contributed by atoms with van der Waals surface area (Å²) in [6.07, 6.45) is -0.0382. The summed E-state index contributed by atoms with van der Waals surface area (Å²) in [7, 11) is 0. The number of thiazole rings is 1. The van der Waals surface area contributed by atoms with Crippen molar-refractivity contribution in [2.45, 2.75) is 19.9 Å². The minimum absolute atomic E-state index is 0.0382. The minimum Gasteiger partial charge on any atom is -0.456 e. The van der Waals surface area contributed by atoms with Gasteiger partial charge in [-0.05, 0) is 25.1 Å². The lowest BCUT2D eigenvalue weighted by Crippen LogP contribution is -2.23. The molecule has 1 heterocycles. The van der Waals surface area contributed by atoms with Crippen LogP contribution in [0.15, 0.2) is 58.7 Å². The maximum atomic E-state index is 12.8. The zero-order valence-electron chi connectivity index (χ0n) is 16.6. The van der Waals surface area contributed by atoms with E-state index in [0.29, 0.717) is 10.6 Å². The number of halogens is 1. The van der Waals surface area contributed by atoms with Crippen molar-refractivity contribution in [2.24, 2.45) is 0 Å². The molecule has 1 aromatic heterocycles. The molecule has 0 aliphatic carbocycles. The average Bonchev–Trinajstić information content (AvgIpc) is 3.09. The molecule has 0 fully saturated rings. The van der Waals surface area contributed by atoms with Gasteiger partial charge in [-0.25, -0.2) is 0 Å². The summed E-state index contributed by atoms with van der Waals surface area (Å²) >= 11 is 7.09. The van der Waals surface area contributed by atoms with Gasteiger partial charge in [-0.1, -0.05) is 53.3 Å². The van der Waals surface area contributed by atoms with E-state index in [2.05, 4.69) is 5.32 Å². The van der Waals surface area contributed by atoms with E-state index in [1.807, 2.05) is 0 Å². The third-order valence-corrected chi connectivity index (χ3v) is 5.53. The van der Waals surface area contributed by atoms with Crippen LogP contribution in [0.3, 0.4) is 0 Å². The Hall–Kier alpha value is -3.23. The number of nitrogens with zero attached hydrogens (tertiary/aromatic N) is 1. The maximum absolute atomic E-state index is 12.8. The van der Waals surface area contributed by atoms with E-state index in [-0.39, 0.29) is 34.9 Å². The van der Waals surface area contributed by atoms with E-state index in [1.54, 1.807) is 48.7 Å². The number of aryl methyl sites for hydroxylation is 1. The number of hydrogen-bond donors (Lipinski definition) is 1. The molecule has 0 radical (unpaired) electrons. The highest BCUT2D eigenvalue weighted by Gasteiger charge is 2.17. The molecule has 0 saturated heterocycles. The molecule has 0 aliphatic rings. The summed E-state index contributed by atoms with van der Waals surface area (Å²) in [5, 5.41) is 4.64. The average molecular weight is 459 g/mol. The Kier molecular flexibility index (Phi) is 7.38. The molecule has 9 heteroatoms. The second-order valence-electron chi connectivity index (χ2n) is 6.64. The molecular formula is C22H19ClN2O5S. The van der Waals surface area contributed by atoms with E-state index < -0.39 is 18.5 Å². The van der Waals surface area contributed by atoms with Crippen molar-refractivity contribution in [1.29, 1.82) is 0 Å². The lowest BCUT2D eigenvalue weighted by Gasteiger charge is -2.12. The van der Waals surface area contributed by atoms with Crippen LogP contribution in [0.2, 0.25) is 5.02 Å². The molecule has 2 aromatic carbocycles. The van der Waals surface area contributed by atoms with Crippen molar-refractivity contribution in [3.05, 3.63) is 85.4 Å². The third kappa shape index (κ3) is 5.90. The smallest absolute Gasteiger partial charge is 0.308 e. The quantitative estimate of drug-likeness (QED) is 0.410. The summed E-state index contributed by atoms with van der Waals surface area (Å²) < 4.78 is 6.46. The van der Waals surface area contributed by atoms with Crippen molar-refractivity contribution in [2.75, 3.05) is 11.9 Å². The molecular weight excluding hydrogens is 440 g/mol. The van der Waals surface area contributed by atoms with Gasteiger partial charge in [0.1, 0.15) is 0 Å². The summed E-state index contributed by atoms with van der Waals surface area (Å²) in [4.78, 5) is 48.5.